The number of thiocarbonyl (C=S) groups is 1. The van der Waals surface area contributed by atoms with Gasteiger partial charge in [-0.3, -0.25) is 0 Å². The maximum absolute atomic E-state index is 5.94. The third-order valence-corrected chi connectivity index (χ3v) is 4.23. The summed E-state index contributed by atoms with van der Waals surface area (Å²) in [5, 5.41) is 0. The first-order chi connectivity index (χ1) is 8.79. The molecule has 0 aliphatic carbocycles. The van der Waals surface area contributed by atoms with Gasteiger partial charge < -0.3 is 15.4 Å². The van der Waals surface area contributed by atoms with Gasteiger partial charge in [-0.1, -0.05) is 18.3 Å². The summed E-state index contributed by atoms with van der Waals surface area (Å²) in [4.78, 5) is 3.56. The van der Waals surface area contributed by atoms with E-state index in [1.165, 1.54) is 0 Å². The molecule has 0 aliphatic heterocycles. The van der Waals surface area contributed by atoms with Crippen molar-refractivity contribution in [2.24, 2.45) is 5.73 Å². The minimum absolute atomic E-state index is 0.0527. The number of hydrogen-bond donors (Lipinski definition) is 1. The predicted octanol–water partition coefficient (Wildman–Crippen LogP) is 2.76. The second-order valence-corrected chi connectivity index (χ2v) is 6.48. The summed E-state index contributed by atoms with van der Waals surface area (Å²) >= 11 is 6.76. The zero-order valence-electron chi connectivity index (χ0n) is 12.2. The fourth-order valence-corrected chi connectivity index (χ4v) is 2.33. The summed E-state index contributed by atoms with van der Waals surface area (Å²) in [5.74, 6) is 0.759. The fourth-order valence-electron chi connectivity index (χ4n) is 1.43. The molecule has 0 unspecified atom stereocenters. The van der Waals surface area contributed by atoms with E-state index in [1.54, 1.807) is 11.8 Å². The number of likely N-dealkylation sites (N-methyl/N-ethyl adjacent to an activating group) is 1. The minimum atomic E-state index is -0.0527. The van der Waals surface area contributed by atoms with Gasteiger partial charge in [0.25, 0.3) is 0 Å². The molecule has 0 fully saturated rings. The van der Waals surface area contributed by atoms with Crippen LogP contribution < -0.4 is 10.5 Å². The fraction of sp³-hybridized carbons (Fsp3) is 0.500. The molecular formula is C14H22N2OS2. The third-order valence-electron chi connectivity index (χ3n) is 3.25. The van der Waals surface area contributed by atoms with Crippen LogP contribution in [0.3, 0.4) is 0 Å². The molecule has 0 amide bonds. The van der Waals surface area contributed by atoms with E-state index >= 15 is 0 Å². The van der Waals surface area contributed by atoms with Crippen molar-refractivity contribution in [3.8, 4) is 5.75 Å². The van der Waals surface area contributed by atoms with Crippen molar-refractivity contribution >= 4 is 29.0 Å². The second kappa shape index (κ2) is 6.59. The van der Waals surface area contributed by atoms with E-state index in [4.69, 9.17) is 22.7 Å². The number of ether oxygens (including phenoxy) is 1. The lowest BCUT2D eigenvalue weighted by Gasteiger charge is -2.32. The summed E-state index contributed by atoms with van der Waals surface area (Å²) < 4.78 is 5.94. The highest BCUT2D eigenvalue weighted by Crippen LogP contribution is 2.29. The Morgan fingerprint density at radius 1 is 1.42 bits per heavy atom. The Balaban J connectivity index is 2.99. The van der Waals surface area contributed by atoms with E-state index in [-0.39, 0.29) is 5.54 Å². The number of nitrogens with zero attached hydrogens (tertiary/aromatic N) is 1. The largest absolute Gasteiger partial charge is 0.491 e. The Hall–Kier alpha value is -0.780. The predicted molar refractivity (Wildman–Crippen MR) is 87.4 cm³/mol. The van der Waals surface area contributed by atoms with Crippen LogP contribution in [0.15, 0.2) is 23.1 Å². The zero-order chi connectivity index (χ0) is 14.6. The number of benzene rings is 1. The first-order valence-electron chi connectivity index (χ1n) is 6.06. The highest BCUT2D eigenvalue weighted by molar-refractivity contribution is 7.98. The molecule has 0 aliphatic rings. The first-order valence-corrected chi connectivity index (χ1v) is 7.70. The third kappa shape index (κ3) is 4.09. The number of rotatable bonds is 6. The molecule has 3 nitrogen and oxygen atoms in total. The Morgan fingerprint density at radius 3 is 2.53 bits per heavy atom. The van der Waals surface area contributed by atoms with Gasteiger partial charge in [0.05, 0.1) is 5.56 Å². The average Bonchev–Trinajstić information content (AvgIpc) is 2.35. The van der Waals surface area contributed by atoms with Crippen molar-refractivity contribution in [1.29, 1.82) is 0 Å². The lowest BCUT2D eigenvalue weighted by molar-refractivity contribution is 0.114. The Kier molecular flexibility index (Phi) is 5.64. The summed E-state index contributed by atoms with van der Waals surface area (Å²) in [6.45, 7) is 4.84. The van der Waals surface area contributed by atoms with E-state index < -0.39 is 0 Å². The minimum Gasteiger partial charge on any atom is -0.491 e. The molecule has 0 aromatic heterocycles. The van der Waals surface area contributed by atoms with Gasteiger partial charge in [0.2, 0.25) is 0 Å². The maximum Gasteiger partial charge on any atom is 0.130 e. The molecule has 1 aromatic carbocycles. The molecule has 0 spiro atoms. The van der Waals surface area contributed by atoms with Gasteiger partial charge in [-0.15, -0.1) is 11.8 Å². The van der Waals surface area contributed by atoms with Gasteiger partial charge in [0, 0.05) is 10.4 Å². The second-order valence-electron chi connectivity index (χ2n) is 5.19. The first kappa shape index (κ1) is 16.3. The molecule has 1 aromatic rings. The highest BCUT2D eigenvalue weighted by Gasteiger charge is 2.22. The van der Waals surface area contributed by atoms with E-state index in [2.05, 4.69) is 18.7 Å². The van der Waals surface area contributed by atoms with Gasteiger partial charge in [-0.2, -0.15) is 0 Å². The molecular weight excluding hydrogens is 276 g/mol. The topological polar surface area (TPSA) is 38.5 Å². The number of thioether (sulfide) groups is 1. The lowest BCUT2D eigenvalue weighted by atomic mass is 10.1. The van der Waals surface area contributed by atoms with Crippen LogP contribution in [0.5, 0.6) is 5.75 Å². The molecule has 106 valence electrons. The lowest BCUT2D eigenvalue weighted by Crippen LogP contribution is -2.43. The Bertz CT molecular complexity index is 459. The van der Waals surface area contributed by atoms with Crippen molar-refractivity contribution < 1.29 is 4.74 Å². The van der Waals surface area contributed by atoms with Crippen LogP contribution in [0.4, 0.5) is 0 Å². The van der Waals surface area contributed by atoms with Crippen LogP contribution >= 0.6 is 24.0 Å². The van der Waals surface area contributed by atoms with Crippen molar-refractivity contribution in [1.82, 2.24) is 4.90 Å². The summed E-state index contributed by atoms with van der Waals surface area (Å²) in [5.41, 5.74) is 6.60. The summed E-state index contributed by atoms with van der Waals surface area (Å²) in [7, 11) is 4.08. The van der Waals surface area contributed by atoms with Crippen LogP contribution in [0.25, 0.3) is 0 Å². The van der Waals surface area contributed by atoms with Crippen LogP contribution in [0.1, 0.15) is 19.4 Å². The van der Waals surface area contributed by atoms with Crippen molar-refractivity contribution in [3.63, 3.8) is 0 Å². The van der Waals surface area contributed by atoms with E-state index in [0.29, 0.717) is 11.6 Å². The molecule has 0 heterocycles. The SMILES string of the molecule is CSc1cccc(OCC(C)(C)N(C)C)c1C(N)=S. The molecule has 19 heavy (non-hydrogen) atoms. The smallest absolute Gasteiger partial charge is 0.130 e. The van der Waals surface area contributed by atoms with Crippen LogP contribution in [-0.4, -0.2) is 42.4 Å². The zero-order valence-corrected chi connectivity index (χ0v) is 13.8. The van der Waals surface area contributed by atoms with Gasteiger partial charge in [-0.25, -0.2) is 0 Å². The van der Waals surface area contributed by atoms with E-state index in [0.717, 1.165) is 16.2 Å². The summed E-state index contributed by atoms with van der Waals surface area (Å²) in [6.07, 6.45) is 2.00. The van der Waals surface area contributed by atoms with Crippen LogP contribution in [-0.2, 0) is 0 Å². The number of hydrogen-bond acceptors (Lipinski definition) is 4. The van der Waals surface area contributed by atoms with Crippen LogP contribution in [0, 0.1) is 0 Å². The molecule has 0 saturated heterocycles. The molecule has 0 saturated carbocycles. The Morgan fingerprint density at radius 2 is 2.05 bits per heavy atom. The summed E-state index contributed by atoms with van der Waals surface area (Å²) in [6, 6.07) is 5.88. The van der Waals surface area contributed by atoms with E-state index in [1.807, 2.05) is 38.6 Å². The molecule has 2 N–H and O–H groups in total. The van der Waals surface area contributed by atoms with Gasteiger partial charge in [0.1, 0.15) is 17.3 Å². The molecule has 0 bridgehead atoms. The molecule has 0 radical (unpaired) electrons. The van der Waals surface area contributed by atoms with E-state index in [9.17, 15) is 0 Å². The molecule has 0 atom stereocenters. The normalized spacial score (nSPS) is 11.7. The highest BCUT2D eigenvalue weighted by atomic mass is 32.2. The van der Waals surface area contributed by atoms with Gasteiger partial charge in [-0.05, 0) is 46.3 Å². The van der Waals surface area contributed by atoms with Crippen LogP contribution in [0.2, 0.25) is 0 Å². The monoisotopic (exact) mass is 298 g/mol. The quantitative estimate of drug-likeness (QED) is 0.646. The van der Waals surface area contributed by atoms with Gasteiger partial charge in [0.15, 0.2) is 0 Å². The molecule has 5 heteroatoms. The maximum atomic E-state index is 5.94. The van der Waals surface area contributed by atoms with Gasteiger partial charge >= 0.3 is 0 Å². The van der Waals surface area contributed by atoms with Crippen molar-refractivity contribution in [2.45, 2.75) is 24.3 Å². The number of nitrogens with two attached hydrogens (primary N) is 1. The van der Waals surface area contributed by atoms with Crippen molar-refractivity contribution in [2.75, 3.05) is 27.0 Å². The Labute approximate surface area is 125 Å². The average molecular weight is 298 g/mol. The van der Waals surface area contributed by atoms with Crippen molar-refractivity contribution in [3.05, 3.63) is 23.8 Å². The molecule has 1 rings (SSSR count). The standard InChI is InChI=1S/C14H22N2OS2/c1-14(2,16(3)4)9-17-10-7-6-8-11(19-5)12(10)13(15)18/h6-8H,9H2,1-5H3,(H2,15,18).